The van der Waals surface area contributed by atoms with E-state index in [-0.39, 0.29) is 12.3 Å². The van der Waals surface area contributed by atoms with Crippen molar-refractivity contribution in [2.75, 3.05) is 52.9 Å². The zero-order valence-electron chi connectivity index (χ0n) is 80.3. The number of carbonyl (C=O) groups excluding carboxylic acids is 4. The van der Waals surface area contributed by atoms with Crippen molar-refractivity contribution in [2.45, 2.75) is 492 Å². The predicted octanol–water partition coefficient (Wildman–Crippen LogP) is -4.82. The molecule has 8 fully saturated rings. The summed E-state index contributed by atoms with van der Waals surface area (Å²) in [6.45, 7) is 0.243. The molecule has 0 spiro atoms. The van der Waals surface area contributed by atoms with Gasteiger partial charge in [-0.25, -0.2) is 0 Å². The largest absolute Gasteiger partial charge is 0.394 e. The smallest absolute Gasteiger partial charge is 0.220 e. The molecule has 46 nitrogen and oxygen atoms in total. The normalized spacial score (nSPS) is 39.1. The molecule has 0 aliphatic carbocycles. The van der Waals surface area contributed by atoms with E-state index < -0.39 is 328 Å². The lowest BCUT2D eigenvalue weighted by atomic mass is 9.93. The summed E-state index contributed by atoms with van der Waals surface area (Å²) in [4.78, 5) is 53.5. The van der Waals surface area contributed by atoms with Gasteiger partial charge in [-0.15, -0.1) is 0 Å². The highest BCUT2D eigenvalue weighted by Crippen LogP contribution is 2.41. The fourth-order valence-corrected chi connectivity index (χ4v) is 18.7. The molecule has 4 amide bonds. The molecule has 804 valence electrons. The van der Waals surface area contributed by atoms with Gasteiger partial charge in [0, 0.05) is 27.2 Å². The Morgan fingerprint density at radius 1 is 0.297 bits per heavy atom. The van der Waals surface area contributed by atoms with E-state index in [1.807, 2.05) is 6.08 Å². The predicted molar refractivity (Wildman–Crippen MR) is 478 cm³/mol. The van der Waals surface area contributed by atoms with Crippen LogP contribution in [0.5, 0.6) is 0 Å². The highest BCUT2D eigenvalue weighted by atomic mass is 16.8. The average molecular weight is 2000 g/mol. The molecule has 8 aliphatic rings. The van der Waals surface area contributed by atoms with Gasteiger partial charge in [-0.1, -0.05) is 193 Å². The molecular formula is C92H164N4O42. The van der Waals surface area contributed by atoms with Crippen molar-refractivity contribution >= 4 is 23.6 Å². The Kier molecular flexibility index (Phi) is 53.3. The minimum absolute atomic E-state index is 0.137. The summed E-state index contributed by atoms with van der Waals surface area (Å²) in [5.74, 6) is -3.18. The zero-order valence-corrected chi connectivity index (χ0v) is 80.3. The van der Waals surface area contributed by atoms with Gasteiger partial charge in [0.1, 0.15) is 189 Å². The maximum absolute atomic E-state index is 13.7. The highest BCUT2D eigenvalue weighted by molar-refractivity contribution is 5.76. The minimum atomic E-state index is -2.57. The van der Waals surface area contributed by atoms with Crippen LogP contribution < -0.4 is 21.3 Å². The molecule has 8 rings (SSSR count). The summed E-state index contributed by atoms with van der Waals surface area (Å²) in [6, 6.07) is -6.90. The molecule has 0 aromatic heterocycles. The van der Waals surface area contributed by atoms with Crippen LogP contribution in [0.15, 0.2) is 12.2 Å². The molecule has 0 bridgehead atoms. The third-order valence-corrected chi connectivity index (χ3v) is 26.8. The van der Waals surface area contributed by atoms with Crippen molar-refractivity contribution in [1.82, 2.24) is 21.3 Å². The quantitative estimate of drug-likeness (QED) is 0.0201. The lowest BCUT2D eigenvalue weighted by Crippen LogP contribution is -2.72. The van der Waals surface area contributed by atoms with Gasteiger partial charge >= 0.3 is 0 Å². The number of carbonyl (C=O) groups is 4. The van der Waals surface area contributed by atoms with Gasteiger partial charge in [0.25, 0.3) is 0 Å². The van der Waals surface area contributed by atoms with Gasteiger partial charge in [0.15, 0.2) is 50.3 Å². The van der Waals surface area contributed by atoms with Gasteiger partial charge in [0.2, 0.25) is 23.6 Å². The average Bonchev–Trinajstić information content (AvgIpc) is 0.748. The number of aliphatic hydroxyl groups excluding tert-OH is 22. The molecule has 0 aromatic rings. The zero-order chi connectivity index (χ0) is 101. The van der Waals surface area contributed by atoms with E-state index in [9.17, 15) is 132 Å². The molecule has 8 heterocycles. The Labute approximate surface area is 805 Å². The Hall–Kier alpha value is -3.90. The summed E-state index contributed by atoms with van der Waals surface area (Å²) in [5.41, 5.74) is 0. The molecule has 138 heavy (non-hydrogen) atoms. The summed E-state index contributed by atoms with van der Waals surface area (Å²) < 4.78 is 97.8. The van der Waals surface area contributed by atoms with Crippen molar-refractivity contribution in [2.24, 2.45) is 0 Å². The van der Waals surface area contributed by atoms with E-state index in [2.05, 4.69) is 35.1 Å². The number of allylic oxidation sites excluding steroid dienone is 1. The first kappa shape index (κ1) is 119. The summed E-state index contributed by atoms with van der Waals surface area (Å²) in [6.07, 6.45) is -40.7. The SMILES string of the molecule is CCCCCCCCCCCCC/C=C/[C@@H](O)[C@H](CO[C@@H]1OC(CO)[C@@H](O[C@@H]2OC(CO)[C@H](O[C@@H]3OC(CO)[C@H](O[C@@H]4OC(CO)[C@H](O)[C@H](O[C@@H]5OC(CO)[C@H](O)[C@H](O)C5O[C@H]5OC(C)[C@@H](O)C(O)[C@@H]5O)C4NC(C)=O)[C@H](O[C@@H]4OC(CO)[C@H](O)[C@H](O[C@H]5OC(CO)[C@H](O)[C@H](O)C5NC(C)=O)C4NC(C)=O)C3O)[C@H](O)C2O)[C@H](O)C1O)NC(=O)CCCCCCCCCCCCCCCCCCC. The standard InChI is InChI=1S/C92H164N4O42/c1-7-9-11-13-15-17-19-21-22-23-24-26-28-30-32-34-36-38-60(108)96-51(52(107)37-35-33-31-29-27-25-20-18-16-14-12-10-8-2)46-123-88-75(120)72(117)78(57(43-101)129-88)132-90-76(121)73(118)79(58(44-102)130-90)133-91-77(122)83(137-87-62(94-49(5)105)81(67(112)55(41-99)127-87)135-85-61(93-48(4)104)69(114)65(110)53(39-97)125-85)80(59(45-103)131-91)134-86-63(95-50(6)106)82(68(113)56(42-100)126-86)136-92-84(71(116)66(111)54(40-98)128-92)138-89-74(119)70(115)64(109)47(3)124-89/h35,37,47,51-59,61-92,97-103,107,109-122H,7-34,36,38-46H2,1-6H3,(H,93,104)(H,94,105)(H,95,106)(H,96,108)/b37-35+/t47?,51-,52+,53?,54?,55?,56?,57?,58?,59?,61?,62?,63?,64+,65-,66-,67-,68-,69+,70?,71-,72+,73+,74-,75?,76?,77?,78+,79-,80-,81+,82+,83+,84?,85+,86-,87-,88+,89+,90-,91-,92-/m0/s1. The van der Waals surface area contributed by atoms with Crippen LogP contribution in [-0.4, -0.2) is 446 Å². The first-order valence-corrected chi connectivity index (χ1v) is 49.8. The van der Waals surface area contributed by atoms with E-state index in [0.717, 1.165) is 78.6 Å². The van der Waals surface area contributed by atoms with Crippen LogP contribution in [0, 0.1) is 0 Å². The molecule has 42 atom stereocenters. The maximum atomic E-state index is 13.7. The molecule has 8 aliphatic heterocycles. The van der Waals surface area contributed by atoms with Crippen LogP contribution in [0.2, 0.25) is 0 Å². The van der Waals surface area contributed by atoms with Gasteiger partial charge in [0.05, 0.1) is 71.1 Å². The second-order valence-electron chi connectivity index (χ2n) is 37.7. The number of aliphatic hydroxyl groups is 22. The maximum Gasteiger partial charge on any atom is 0.220 e. The van der Waals surface area contributed by atoms with Crippen LogP contribution in [-0.2, 0) is 95.0 Å². The molecule has 46 heteroatoms. The minimum Gasteiger partial charge on any atom is -0.394 e. The summed E-state index contributed by atoms with van der Waals surface area (Å²) in [7, 11) is 0. The van der Waals surface area contributed by atoms with Crippen molar-refractivity contribution < 1.29 is 207 Å². The number of ether oxygens (including phenoxy) is 16. The molecule has 8 saturated heterocycles. The lowest BCUT2D eigenvalue weighted by molar-refractivity contribution is -0.403. The van der Waals surface area contributed by atoms with Crippen molar-refractivity contribution in [3.05, 3.63) is 12.2 Å². The highest BCUT2D eigenvalue weighted by Gasteiger charge is 2.62. The Morgan fingerprint density at radius 2 is 0.609 bits per heavy atom. The Balaban J connectivity index is 1.02. The van der Waals surface area contributed by atoms with Gasteiger partial charge in [-0.2, -0.15) is 0 Å². The third kappa shape index (κ3) is 34.3. The molecule has 0 saturated carbocycles. The third-order valence-electron chi connectivity index (χ3n) is 26.8. The van der Waals surface area contributed by atoms with Crippen molar-refractivity contribution in [3.8, 4) is 0 Å². The van der Waals surface area contributed by atoms with Crippen LogP contribution in [0.4, 0.5) is 0 Å². The first-order chi connectivity index (χ1) is 66.1. The molecular weight excluding hydrogens is 1830 g/mol. The summed E-state index contributed by atoms with van der Waals surface area (Å²) >= 11 is 0. The Morgan fingerprint density at radius 3 is 1.05 bits per heavy atom. The number of rotatable bonds is 60. The van der Waals surface area contributed by atoms with E-state index in [4.69, 9.17) is 75.8 Å². The van der Waals surface area contributed by atoms with Crippen LogP contribution in [0.1, 0.15) is 234 Å². The monoisotopic (exact) mass is 2000 g/mol. The van der Waals surface area contributed by atoms with Crippen LogP contribution in [0.3, 0.4) is 0 Å². The molecule has 0 radical (unpaired) electrons. The Bertz CT molecular complexity index is 3420. The second kappa shape index (κ2) is 61.6. The molecule has 16 unspecified atom stereocenters. The van der Waals surface area contributed by atoms with Gasteiger partial charge < -0.3 is 209 Å². The fraction of sp³-hybridized carbons (Fsp3) is 0.935. The van der Waals surface area contributed by atoms with E-state index in [1.165, 1.54) is 122 Å². The molecule has 0 aromatic carbocycles. The number of nitrogens with one attached hydrogen (secondary N) is 4. The second-order valence-corrected chi connectivity index (χ2v) is 37.7. The van der Waals surface area contributed by atoms with E-state index in [0.29, 0.717) is 12.8 Å². The number of unbranched alkanes of at least 4 members (excludes halogenated alkanes) is 27. The van der Waals surface area contributed by atoms with Crippen molar-refractivity contribution in [1.29, 1.82) is 0 Å². The van der Waals surface area contributed by atoms with Crippen LogP contribution >= 0.6 is 0 Å². The lowest BCUT2D eigenvalue weighted by Gasteiger charge is -2.52. The number of hydrogen-bond acceptors (Lipinski definition) is 42. The number of amides is 4. The summed E-state index contributed by atoms with van der Waals surface area (Å²) in [5, 5.41) is 261. The fourth-order valence-electron chi connectivity index (χ4n) is 18.7. The topological polar surface area (TPSA) is 709 Å². The van der Waals surface area contributed by atoms with E-state index >= 15 is 0 Å². The number of hydrogen-bond donors (Lipinski definition) is 26. The van der Waals surface area contributed by atoms with Gasteiger partial charge in [-0.05, 0) is 26.2 Å². The first-order valence-electron chi connectivity index (χ1n) is 49.8. The van der Waals surface area contributed by atoms with E-state index in [1.54, 1.807) is 6.08 Å². The molecule has 26 N–H and O–H groups in total. The van der Waals surface area contributed by atoms with Crippen molar-refractivity contribution in [3.63, 3.8) is 0 Å². The van der Waals surface area contributed by atoms with Gasteiger partial charge in [-0.3, -0.25) is 19.2 Å². The van der Waals surface area contributed by atoms with Crippen LogP contribution in [0.25, 0.3) is 0 Å².